The summed E-state index contributed by atoms with van der Waals surface area (Å²) < 4.78 is 15.6. The maximum absolute atomic E-state index is 12.0. The molecule has 0 saturated heterocycles. The number of hydrogen-bond acceptors (Lipinski definition) is 6. The SMILES string of the molecule is COCCCNC(=O)c1ccc(Nc2ccc3c(c2)OCO3)nc1. The summed E-state index contributed by atoms with van der Waals surface area (Å²) in [7, 11) is 1.64. The number of pyridine rings is 1. The van der Waals surface area contributed by atoms with Gasteiger partial charge < -0.3 is 24.8 Å². The standard InChI is InChI=1S/C17H19N3O4/c1-22-8-2-7-18-17(21)12-3-6-16(19-10-12)20-13-4-5-14-15(9-13)24-11-23-14/h3-6,9-10H,2,7-8,11H2,1H3,(H,18,21)(H,19,20). The van der Waals surface area contributed by atoms with Crippen LogP contribution in [0, 0.1) is 0 Å². The van der Waals surface area contributed by atoms with E-state index in [0.29, 0.717) is 30.3 Å². The van der Waals surface area contributed by atoms with Crippen LogP contribution < -0.4 is 20.1 Å². The summed E-state index contributed by atoms with van der Waals surface area (Å²) in [6.45, 7) is 1.44. The van der Waals surface area contributed by atoms with Gasteiger partial charge in [-0.05, 0) is 30.7 Å². The first-order valence-electron chi connectivity index (χ1n) is 7.66. The zero-order chi connectivity index (χ0) is 16.8. The molecule has 1 aliphatic heterocycles. The van der Waals surface area contributed by atoms with Crippen molar-refractivity contribution < 1.29 is 19.0 Å². The van der Waals surface area contributed by atoms with Crippen LogP contribution in [0.25, 0.3) is 0 Å². The lowest BCUT2D eigenvalue weighted by Gasteiger charge is -2.08. The van der Waals surface area contributed by atoms with E-state index in [1.165, 1.54) is 0 Å². The Labute approximate surface area is 139 Å². The largest absolute Gasteiger partial charge is 0.454 e. The highest BCUT2D eigenvalue weighted by molar-refractivity contribution is 5.94. The number of carbonyl (C=O) groups is 1. The highest BCUT2D eigenvalue weighted by Crippen LogP contribution is 2.34. The number of nitrogens with zero attached hydrogens (tertiary/aromatic N) is 1. The van der Waals surface area contributed by atoms with Crippen LogP contribution in [0.1, 0.15) is 16.8 Å². The molecule has 1 aromatic carbocycles. The molecule has 0 spiro atoms. The second kappa shape index (κ2) is 7.65. The van der Waals surface area contributed by atoms with Gasteiger partial charge in [-0.3, -0.25) is 4.79 Å². The Morgan fingerprint density at radius 1 is 1.25 bits per heavy atom. The van der Waals surface area contributed by atoms with Crippen LogP contribution in [0.4, 0.5) is 11.5 Å². The monoisotopic (exact) mass is 329 g/mol. The zero-order valence-electron chi connectivity index (χ0n) is 13.4. The predicted molar refractivity (Wildman–Crippen MR) is 88.9 cm³/mol. The van der Waals surface area contributed by atoms with Crippen LogP contribution in [0.2, 0.25) is 0 Å². The number of anilines is 2. The third kappa shape index (κ3) is 3.94. The molecule has 126 valence electrons. The lowest BCUT2D eigenvalue weighted by molar-refractivity contribution is 0.0948. The van der Waals surface area contributed by atoms with Crippen LogP contribution in [-0.4, -0.2) is 37.9 Å². The molecular weight excluding hydrogens is 310 g/mol. The third-order valence-corrected chi connectivity index (χ3v) is 3.48. The van der Waals surface area contributed by atoms with Crippen molar-refractivity contribution >= 4 is 17.4 Å². The molecule has 0 unspecified atom stereocenters. The van der Waals surface area contributed by atoms with E-state index in [1.54, 1.807) is 25.4 Å². The van der Waals surface area contributed by atoms with E-state index in [2.05, 4.69) is 15.6 Å². The second-order valence-electron chi connectivity index (χ2n) is 5.23. The smallest absolute Gasteiger partial charge is 0.252 e. The summed E-state index contributed by atoms with van der Waals surface area (Å²) in [5.74, 6) is 1.93. The quantitative estimate of drug-likeness (QED) is 0.759. The van der Waals surface area contributed by atoms with Gasteiger partial charge in [-0.1, -0.05) is 0 Å². The minimum absolute atomic E-state index is 0.145. The third-order valence-electron chi connectivity index (χ3n) is 3.48. The average molecular weight is 329 g/mol. The van der Waals surface area contributed by atoms with Crippen LogP contribution >= 0.6 is 0 Å². The summed E-state index contributed by atoms with van der Waals surface area (Å²) in [4.78, 5) is 16.2. The first kappa shape index (κ1) is 16.1. The van der Waals surface area contributed by atoms with Gasteiger partial charge in [0.15, 0.2) is 11.5 Å². The second-order valence-corrected chi connectivity index (χ2v) is 5.23. The molecular formula is C17H19N3O4. The van der Waals surface area contributed by atoms with Gasteiger partial charge in [-0.25, -0.2) is 4.98 Å². The van der Waals surface area contributed by atoms with E-state index >= 15 is 0 Å². The van der Waals surface area contributed by atoms with Crippen molar-refractivity contribution in [2.45, 2.75) is 6.42 Å². The molecule has 7 nitrogen and oxygen atoms in total. The maximum atomic E-state index is 12.0. The highest BCUT2D eigenvalue weighted by Gasteiger charge is 2.13. The Kier molecular flexibility index (Phi) is 5.12. The molecule has 0 fully saturated rings. The fraction of sp³-hybridized carbons (Fsp3) is 0.294. The first-order valence-corrected chi connectivity index (χ1v) is 7.66. The number of hydrogen-bond donors (Lipinski definition) is 2. The van der Waals surface area contributed by atoms with Crippen molar-refractivity contribution in [3.63, 3.8) is 0 Å². The topological polar surface area (TPSA) is 81.7 Å². The Balaban J connectivity index is 1.57. The summed E-state index contributed by atoms with van der Waals surface area (Å²) in [6, 6.07) is 9.06. The number of aromatic nitrogens is 1. The molecule has 24 heavy (non-hydrogen) atoms. The number of nitrogens with one attached hydrogen (secondary N) is 2. The Bertz CT molecular complexity index is 703. The van der Waals surface area contributed by atoms with Crippen molar-refractivity contribution in [1.82, 2.24) is 10.3 Å². The lowest BCUT2D eigenvalue weighted by atomic mass is 10.2. The van der Waals surface area contributed by atoms with Crippen molar-refractivity contribution in [1.29, 1.82) is 0 Å². The molecule has 0 saturated carbocycles. The van der Waals surface area contributed by atoms with Crippen molar-refractivity contribution in [2.75, 3.05) is 32.4 Å². The van der Waals surface area contributed by atoms with E-state index < -0.39 is 0 Å². The van der Waals surface area contributed by atoms with Crippen LogP contribution in [0.5, 0.6) is 11.5 Å². The Morgan fingerprint density at radius 2 is 2.12 bits per heavy atom. The number of amides is 1. The van der Waals surface area contributed by atoms with Gasteiger partial charge in [-0.15, -0.1) is 0 Å². The van der Waals surface area contributed by atoms with Gasteiger partial charge >= 0.3 is 0 Å². The summed E-state index contributed by atoms with van der Waals surface area (Å²) in [5.41, 5.74) is 1.35. The van der Waals surface area contributed by atoms with Gasteiger partial charge in [-0.2, -0.15) is 0 Å². The molecule has 0 bridgehead atoms. The molecule has 0 radical (unpaired) electrons. The zero-order valence-corrected chi connectivity index (χ0v) is 13.4. The summed E-state index contributed by atoms with van der Waals surface area (Å²) in [6.07, 6.45) is 2.32. The molecule has 7 heteroatoms. The fourth-order valence-electron chi connectivity index (χ4n) is 2.24. The molecule has 2 aromatic rings. The van der Waals surface area contributed by atoms with Crippen molar-refractivity contribution in [3.05, 3.63) is 42.1 Å². The normalized spacial score (nSPS) is 12.0. The average Bonchev–Trinajstić information content (AvgIpc) is 3.07. The predicted octanol–water partition coefficient (Wildman–Crippen LogP) is 2.32. The van der Waals surface area contributed by atoms with Crippen molar-refractivity contribution in [3.8, 4) is 11.5 Å². The van der Waals surface area contributed by atoms with E-state index in [-0.39, 0.29) is 12.7 Å². The lowest BCUT2D eigenvalue weighted by Crippen LogP contribution is -2.25. The number of methoxy groups -OCH3 is 1. The van der Waals surface area contributed by atoms with E-state index in [1.807, 2.05) is 18.2 Å². The van der Waals surface area contributed by atoms with E-state index in [4.69, 9.17) is 14.2 Å². The number of rotatable bonds is 7. The summed E-state index contributed by atoms with van der Waals surface area (Å²) >= 11 is 0. The number of benzene rings is 1. The molecule has 0 atom stereocenters. The minimum Gasteiger partial charge on any atom is -0.454 e. The van der Waals surface area contributed by atoms with Gasteiger partial charge in [0.05, 0.1) is 5.56 Å². The Hall–Kier alpha value is -2.80. The van der Waals surface area contributed by atoms with Gasteiger partial charge in [0, 0.05) is 38.2 Å². The molecule has 3 rings (SSSR count). The number of ether oxygens (including phenoxy) is 3. The highest BCUT2D eigenvalue weighted by atomic mass is 16.7. The molecule has 1 aromatic heterocycles. The minimum atomic E-state index is -0.145. The summed E-state index contributed by atoms with van der Waals surface area (Å²) in [5, 5.41) is 5.99. The number of carbonyl (C=O) groups excluding carboxylic acids is 1. The maximum Gasteiger partial charge on any atom is 0.252 e. The van der Waals surface area contributed by atoms with Crippen molar-refractivity contribution in [2.24, 2.45) is 0 Å². The van der Waals surface area contributed by atoms with Crippen LogP contribution in [0.15, 0.2) is 36.5 Å². The van der Waals surface area contributed by atoms with Gasteiger partial charge in [0.2, 0.25) is 6.79 Å². The molecule has 2 N–H and O–H groups in total. The fourth-order valence-corrected chi connectivity index (χ4v) is 2.24. The molecule has 0 aliphatic carbocycles. The van der Waals surface area contributed by atoms with Crippen LogP contribution in [0.3, 0.4) is 0 Å². The van der Waals surface area contributed by atoms with Gasteiger partial charge in [0.1, 0.15) is 5.82 Å². The van der Waals surface area contributed by atoms with E-state index in [0.717, 1.165) is 17.9 Å². The Morgan fingerprint density at radius 3 is 2.92 bits per heavy atom. The number of fused-ring (bicyclic) bond motifs is 1. The first-order chi connectivity index (χ1) is 11.8. The van der Waals surface area contributed by atoms with Crippen LogP contribution in [-0.2, 0) is 4.74 Å². The van der Waals surface area contributed by atoms with Gasteiger partial charge in [0.25, 0.3) is 5.91 Å². The molecule has 2 heterocycles. The molecule has 1 aliphatic rings. The molecule has 1 amide bonds. The van der Waals surface area contributed by atoms with E-state index in [9.17, 15) is 4.79 Å².